The van der Waals surface area contributed by atoms with Gasteiger partial charge in [0.2, 0.25) is 0 Å². The lowest BCUT2D eigenvalue weighted by molar-refractivity contribution is -0.134. The van der Waals surface area contributed by atoms with E-state index in [1.807, 2.05) is 32.0 Å². The van der Waals surface area contributed by atoms with Crippen molar-refractivity contribution in [3.8, 4) is 0 Å². The highest BCUT2D eigenvalue weighted by Crippen LogP contribution is 2.22. The van der Waals surface area contributed by atoms with E-state index in [-0.39, 0.29) is 6.42 Å². The van der Waals surface area contributed by atoms with Crippen LogP contribution in [-0.4, -0.2) is 12.7 Å². The Morgan fingerprint density at radius 1 is 1.12 bits per heavy atom. The van der Waals surface area contributed by atoms with E-state index in [4.69, 9.17) is 0 Å². The zero-order chi connectivity index (χ0) is 12.2. The van der Waals surface area contributed by atoms with Crippen molar-refractivity contribution in [1.82, 2.24) is 0 Å². The average molecular weight is 231 g/mol. The molecule has 0 saturated heterocycles. The van der Waals surface area contributed by atoms with Crippen molar-refractivity contribution in [2.75, 3.05) is 11.9 Å². The smallest absolute Gasteiger partial charge is 0.385 e. The first-order valence-electron chi connectivity index (χ1n) is 5.27. The maximum Gasteiger partial charge on any atom is 0.389 e. The first kappa shape index (κ1) is 12.9. The molecule has 0 aliphatic rings. The Bertz CT molecular complexity index is 324. The second kappa shape index (κ2) is 5.23. The lowest BCUT2D eigenvalue weighted by Gasteiger charge is -2.13. The van der Waals surface area contributed by atoms with Gasteiger partial charge >= 0.3 is 6.18 Å². The molecule has 1 aromatic carbocycles. The van der Waals surface area contributed by atoms with Gasteiger partial charge in [-0.1, -0.05) is 18.2 Å². The Morgan fingerprint density at radius 2 is 1.69 bits per heavy atom. The van der Waals surface area contributed by atoms with Crippen molar-refractivity contribution in [3.05, 3.63) is 29.3 Å². The topological polar surface area (TPSA) is 12.0 Å². The number of anilines is 1. The summed E-state index contributed by atoms with van der Waals surface area (Å²) in [5.74, 6) is 0. The highest BCUT2D eigenvalue weighted by atomic mass is 19.4. The number of halogens is 3. The molecule has 1 N–H and O–H groups in total. The van der Waals surface area contributed by atoms with E-state index in [0.29, 0.717) is 6.54 Å². The van der Waals surface area contributed by atoms with Crippen LogP contribution in [0.4, 0.5) is 18.9 Å². The molecule has 0 radical (unpaired) electrons. The van der Waals surface area contributed by atoms with Gasteiger partial charge in [0.25, 0.3) is 0 Å². The van der Waals surface area contributed by atoms with Crippen LogP contribution in [0.2, 0.25) is 0 Å². The number of nitrogens with one attached hydrogen (secondary N) is 1. The second-order valence-electron chi connectivity index (χ2n) is 3.91. The molecule has 0 unspecified atom stereocenters. The summed E-state index contributed by atoms with van der Waals surface area (Å²) in [6.45, 7) is 4.24. The third-order valence-electron chi connectivity index (χ3n) is 2.42. The maximum atomic E-state index is 11.9. The number of hydrogen-bond acceptors (Lipinski definition) is 1. The molecule has 1 nitrogen and oxygen atoms in total. The molecule has 4 heteroatoms. The maximum absolute atomic E-state index is 11.9. The predicted molar refractivity (Wildman–Crippen MR) is 59.7 cm³/mol. The van der Waals surface area contributed by atoms with Gasteiger partial charge in [-0.25, -0.2) is 0 Å². The van der Waals surface area contributed by atoms with Gasteiger partial charge in [-0.2, -0.15) is 13.2 Å². The highest BCUT2D eigenvalue weighted by Gasteiger charge is 2.25. The molecule has 0 aliphatic heterocycles. The summed E-state index contributed by atoms with van der Waals surface area (Å²) in [5, 5.41) is 3.05. The minimum atomic E-state index is -4.05. The van der Waals surface area contributed by atoms with Gasteiger partial charge in [-0.3, -0.25) is 0 Å². The number of para-hydroxylation sites is 1. The molecular weight excluding hydrogens is 215 g/mol. The minimum Gasteiger partial charge on any atom is -0.385 e. The summed E-state index contributed by atoms with van der Waals surface area (Å²) in [6.07, 6.45) is -4.68. The Balaban J connectivity index is 2.43. The average Bonchev–Trinajstić information content (AvgIpc) is 2.14. The van der Waals surface area contributed by atoms with Gasteiger partial charge in [0, 0.05) is 18.7 Å². The Hall–Kier alpha value is -1.19. The van der Waals surface area contributed by atoms with E-state index in [9.17, 15) is 13.2 Å². The summed E-state index contributed by atoms with van der Waals surface area (Å²) in [5.41, 5.74) is 3.07. The summed E-state index contributed by atoms with van der Waals surface area (Å²) in [6, 6.07) is 5.82. The normalized spacial score (nSPS) is 11.6. The van der Waals surface area contributed by atoms with E-state index in [2.05, 4.69) is 5.32 Å². The molecule has 16 heavy (non-hydrogen) atoms. The van der Waals surface area contributed by atoms with Crippen LogP contribution >= 0.6 is 0 Å². The van der Waals surface area contributed by atoms with Gasteiger partial charge in [0.15, 0.2) is 0 Å². The Morgan fingerprint density at radius 3 is 2.19 bits per heavy atom. The van der Waals surface area contributed by atoms with Gasteiger partial charge in [0.05, 0.1) is 0 Å². The SMILES string of the molecule is Cc1cccc(C)c1NCCCC(F)(F)F. The molecule has 0 aromatic heterocycles. The first-order chi connectivity index (χ1) is 7.40. The Labute approximate surface area is 93.7 Å². The van der Waals surface area contributed by atoms with E-state index in [1.54, 1.807) is 0 Å². The van der Waals surface area contributed by atoms with Crippen LogP contribution in [0, 0.1) is 13.8 Å². The van der Waals surface area contributed by atoms with Crippen molar-refractivity contribution < 1.29 is 13.2 Å². The van der Waals surface area contributed by atoms with E-state index < -0.39 is 12.6 Å². The molecule has 1 rings (SSSR count). The standard InChI is InChI=1S/C12H16F3N/c1-9-5-3-6-10(2)11(9)16-8-4-7-12(13,14)15/h3,5-6,16H,4,7-8H2,1-2H3. The number of aryl methyl sites for hydroxylation is 2. The van der Waals surface area contributed by atoms with Crippen LogP contribution in [-0.2, 0) is 0 Å². The van der Waals surface area contributed by atoms with Crippen molar-refractivity contribution >= 4 is 5.69 Å². The number of benzene rings is 1. The predicted octanol–water partition coefficient (Wildman–Crippen LogP) is 4.06. The van der Waals surface area contributed by atoms with Crippen molar-refractivity contribution in [3.63, 3.8) is 0 Å². The van der Waals surface area contributed by atoms with Crippen molar-refractivity contribution in [1.29, 1.82) is 0 Å². The zero-order valence-corrected chi connectivity index (χ0v) is 9.49. The summed E-state index contributed by atoms with van der Waals surface area (Å²) in [4.78, 5) is 0. The molecule has 0 atom stereocenters. The molecule has 0 spiro atoms. The van der Waals surface area contributed by atoms with Gasteiger partial charge in [-0.15, -0.1) is 0 Å². The second-order valence-corrected chi connectivity index (χ2v) is 3.91. The molecule has 0 aliphatic carbocycles. The van der Waals surface area contributed by atoms with Crippen LogP contribution in [0.3, 0.4) is 0 Å². The molecule has 0 fully saturated rings. The van der Waals surface area contributed by atoms with Crippen molar-refractivity contribution in [2.24, 2.45) is 0 Å². The van der Waals surface area contributed by atoms with Gasteiger partial charge in [-0.05, 0) is 31.4 Å². The van der Waals surface area contributed by atoms with Crippen LogP contribution in [0.1, 0.15) is 24.0 Å². The summed E-state index contributed by atoms with van der Waals surface area (Å²) < 4.78 is 35.7. The summed E-state index contributed by atoms with van der Waals surface area (Å²) in [7, 11) is 0. The summed E-state index contributed by atoms with van der Waals surface area (Å²) >= 11 is 0. The molecule has 0 bridgehead atoms. The number of alkyl halides is 3. The lowest BCUT2D eigenvalue weighted by atomic mass is 10.1. The fraction of sp³-hybridized carbons (Fsp3) is 0.500. The fourth-order valence-electron chi connectivity index (χ4n) is 1.60. The van der Waals surface area contributed by atoms with Crippen molar-refractivity contribution in [2.45, 2.75) is 32.9 Å². The molecule has 0 amide bonds. The fourth-order valence-corrected chi connectivity index (χ4v) is 1.60. The number of rotatable bonds is 4. The van der Waals surface area contributed by atoms with Crippen LogP contribution in [0.5, 0.6) is 0 Å². The monoisotopic (exact) mass is 231 g/mol. The molecule has 0 saturated carbocycles. The van der Waals surface area contributed by atoms with E-state index in [0.717, 1.165) is 16.8 Å². The van der Waals surface area contributed by atoms with Crippen LogP contribution in [0.25, 0.3) is 0 Å². The minimum absolute atomic E-state index is 0.108. The molecule has 1 aromatic rings. The highest BCUT2D eigenvalue weighted by molar-refractivity contribution is 5.56. The van der Waals surface area contributed by atoms with Gasteiger partial charge in [0.1, 0.15) is 0 Å². The van der Waals surface area contributed by atoms with Crippen LogP contribution in [0.15, 0.2) is 18.2 Å². The quantitative estimate of drug-likeness (QED) is 0.770. The molecule has 0 heterocycles. The molecule has 90 valence electrons. The zero-order valence-electron chi connectivity index (χ0n) is 9.49. The first-order valence-corrected chi connectivity index (χ1v) is 5.27. The molecular formula is C12H16F3N. The Kier molecular flexibility index (Phi) is 4.21. The van der Waals surface area contributed by atoms with E-state index in [1.165, 1.54) is 0 Å². The van der Waals surface area contributed by atoms with Gasteiger partial charge < -0.3 is 5.32 Å². The van der Waals surface area contributed by atoms with Crippen LogP contribution < -0.4 is 5.32 Å². The third-order valence-corrected chi connectivity index (χ3v) is 2.42. The lowest BCUT2D eigenvalue weighted by Crippen LogP contribution is -2.11. The van der Waals surface area contributed by atoms with E-state index >= 15 is 0 Å². The third kappa shape index (κ3) is 4.13. The largest absolute Gasteiger partial charge is 0.389 e. The number of hydrogen-bond donors (Lipinski definition) is 1.